The first kappa shape index (κ1) is 26.1. The van der Waals surface area contributed by atoms with E-state index in [-0.39, 0.29) is 30.4 Å². The molecule has 0 radical (unpaired) electrons. The van der Waals surface area contributed by atoms with Gasteiger partial charge in [-0.15, -0.1) is 23.2 Å². The summed E-state index contributed by atoms with van der Waals surface area (Å²) < 4.78 is 14.5. The van der Waals surface area contributed by atoms with E-state index < -0.39 is 81.0 Å². The molecule has 0 spiro atoms. The van der Waals surface area contributed by atoms with Gasteiger partial charge in [0.1, 0.15) is 0 Å². The number of carboxylic acid groups (broad SMARTS) is 1. The molecular weight excluding hydrogens is 598 g/mol. The molecule has 0 aromatic heterocycles. The zero-order valence-electron chi connectivity index (χ0n) is 19.0. The van der Waals surface area contributed by atoms with E-state index in [1.165, 1.54) is 6.07 Å². The van der Waals surface area contributed by atoms with E-state index in [0.29, 0.717) is 5.57 Å². The Morgan fingerprint density at radius 1 is 1.11 bits per heavy atom. The highest BCUT2D eigenvalue weighted by molar-refractivity contribution is 9.09. The van der Waals surface area contributed by atoms with Crippen molar-refractivity contribution in [3.8, 4) is 5.75 Å². The number of aliphatic carboxylic acids is 1. The molecule has 2 aliphatic carbocycles. The summed E-state index contributed by atoms with van der Waals surface area (Å²) in [5, 5.41) is 18.8. The first-order valence-corrected chi connectivity index (χ1v) is 13.3. The van der Waals surface area contributed by atoms with Crippen molar-refractivity contribution in [2.75, 3.05) is 12.0 Å². The summed E-state index contributed by atoms with van der Waals surface area (Å²) in [7, 11) is 0. The highest BCUT2D eigenvalue weighted by Crippen LogP contribution is 2.65. The number of hydrogen-bond donors (Lipinski definition) is 2. The van der Waals surface area contributed by atoms with Gasteiger partial charge >= 0.3 is 5.97 Å². The van der Waals surface area contributed by atoms with Crippen molar-refractivity contribution in [2.24, 2.45) is 17.8 Å². The number of fused-ring (bicyclic) bond motifs is 4. The number of carbonyl (C=O) groups is 5. The number of imide groups is 2. The monoisotopic (exact) mass is 616 g/mol. The van der Waals surface area contributed by atoms with Crippen molar-refractivity contribution in [3.05, 3.63) is 41.2 Å². The predicted octanol–water partition coefficient (Wildman–Crippen LogP) is 2.72. The molecule has 1 aromatic carbocycles. The molecule has 0 bridgehead atoms. The van der Waals surface area contributed by atoms with E-state index in [2.05, 4.69) is 15.9 Å². The number of phenolic OH excluding ortho intramolecular Hbond substituents is 1. The number of rotatable bonds is 5. The number of halogens is 4. The molecule has 2 aliphatic heterocycles. The topological polar surface area (TPSA) is 132 Å². The van der Waals surface area contributed by atoms with Crippen molar-refractivity contribution >= 4 is 68.7 Å². The smallest absolute Gasteiger partial charge is 0.305 e. The molecule has 13 heteroatoms. The van der Waals surface area contributed by atoms with Crippen LogP contribution in [0.4, 0.5) is 4.39 Å². The van der Waals surface area contributed by atoms with Crippen LogP contribution in [-0.2, 0) is 24.0 Å². The van der Waals surface area contributed by atoms with Gasteiger partial charge in [0.25, 0.3) is 11.8 Å². The molecule has 196 valence electrons. The quantitative estimate of drug-likeness (QED) is 0.225. The average Bonchev–Trinajstić information content (AvgIpc) is 3.17. The van der Waals surface area contributed by atoms with Gasteiger partial charge in [-0.2, -0.15) is 0 Å². The molecular formula is C24H20BrCl2FN2O7. The minimum atomic E-state index is -2.08. The molecule has 1 saturated carbocycles. The Balaban J connectivity index is 1.67. The van der Waals surface area contributed by atoms with Crippen LogP contribution in [0.5, 0.6) is 5.75 Å². The normalized spacial score (nSPS) is 34.9. The van der Waals surface area contributed by atoms with Gasteiger partial charge in [0.05, 0.1) is 23.7 Å². The van der Waals surface area contributed by atoms with Gasteiger partial charge in [-0.3, -0.25) is 33.8 Å². The average molecular weight is 618 g/mol. The fraction of sp³-hybridized carbons (Fsp3) is 0.458. The highest BCUT2D eigenvalue weighted by atomic mass is 79.9. The molecule has 37 heavy (non-hydrogen) atoms. The Bertz CT molecular complexity index is 1310. The van der Waals surface area contributed by atoms with Gasteiger partial charge in [-0.25, -0.2) is 4.39 Å². The molecule has 4 amide bonds. The first-order valence-electron chi connectivity index (χ1n) is 11.4. The third-order valence-electron chi connectivity index (χ3n) is 7.96. The summed E-state index contributed by atoms with van der Waals surface area (Å²) in [5.41, 5.74) is 0.443. The van der Waals surface area contributed by atoms with E-state index in [4.69, 9.17) is 28.3 Å². The number of likely N-dealkylation sites (tertiary alicyclic amines) is 2. The maximum Gasteiger partial charge on any atom is 0.305 e. The molecule has 2 N–H and O–H groups in total. The Labute approximate surface area is 228 Å². The number of benzene rings is 1. The van der Waals surface area contributed by atoms with Gasteiger partial charge < -0.3 is 10.2 Å². The molecule has 2 heterocycles. The number of alkyl halides is 3. The SMILES string of the molecule is O=C(O)CCN1C(=O)[C@H]2[C@H](CC=C3[C@H]2C[C@@]2(Cl)C(=O)N(CBr)C(=O)[C@@]2(Cl)[C@H]3c2ccc(O)c(F)c2)C1=O. The van der Waals surface area contributed by atoms with Crippen LogP contribution in [0.25, 0.3) is 0 Å². The minimum Gasteiger partial charge on any atom is -0.505 e. The summed E-state index contributed by atoms with van der Waals surface area (Å²) in [6, 6.07) is 3.47. The Morgan fingerprint density at radius 2 is 1.81 bits per heavy atom. The number of aromatic hydroxyl groups is 1. The van der Waals surface area contributed by atoms with Crippen molar-refractivity contribution in [1.29, 1.82) is 0 Å². The second kappa shape index (κ2) is 8.78. The number of allylic oxidation sites excluding steroid dienone is 2. The molecule has 5 rings (SSSR count). The summed E-state index contributed by atoms with van der Waals surface area (Å²) in [4.78, 5) is 62.3. The Morgan fingerprint density at radius 3 is 2.43 bits per heavy atom. The fourth-order valence-electron chi connectivity index (χ4n) is 6.32. The van der Waals surface area contributed by atoms with Crippen LogP contribution < -0.4 is 0 Å². The second-order valence-electron chi connectivity index (χ2n) is 9.67. The number of hydrogen-bond acceptors (Lipinski definition) is 6. The van der Waals surface area contributed by atoms with E-state index in [1.54, 1.807) is 6.08 Å². The first-order chi connectivity index (χ1) is 17.4. The number of phenols is 1. The lowest BCUT2D eigenvalue weighted by Crippen LogP contribution is -2.60. The second-order valence-corrected chi connectivity index (χ2v) is 11.4. The van der Waals surface area contributed by atoms with Crippen LogP contribution in [0.1, 0.15) is 30.7 Å². The van der Waals surface area contributed by atoms with E-state index >= 15 is 0 Å². The van der Waals surface area contributed by atoms with Crippen molar-refractivity contribution in [3.63, 3.8) is 0 Å². The lowest BCUT2D eigenvalue weighted by molar-refractivity contribution is -0.143. The van der Waals surface area contributed by atoms with E-state index in [1.807, 2.05) is 0 Å². The highest BCUT2D eigenvalue weighted by Gasteiger charge is 2.76. The van der Waals surface area contributed by atoms with Gasteiger partial charge in [-0.1, -0.05) is 33.6 Å². The largest absolute Gasteiger partial charge is 0.505 e. The molecule has 0 unspecified atom stereocenters. The maximum absolute atomic E-state index is 14.5. The van der Waals surface area contributed by atoms with E-state index in [9.17, 15) is 33.5 Å². The van der Waals surface area contributed by atoms with Crippen LogP contribution in [0.2, 0.25) is 0 Å². The van der Waals surface area contributed by atoms with Crippen LogP contribution in [0.3, 0.4) is 0 Å². The Hall–Kier alpha value is -2.50. The van der Waals surface area contributed by atoms with Crippen LogP contribution >= 0.6 is 39.1 Å². The maximum atomic E-state index is 14.5. The molecule has 6 atom stereocenters. The molecule has 9 nitrogen and oxygen atoms in total. The van der Waals surface area contributed by atoms with Gasteiger partial charge in [0, 0.05) is 12.5 Å². The lowest BCUT2D eigenvalue weighted by Gasteiger charge is -2.50. The third-order valence-corrected chi connectivity index (χ3v) is 9.88. The van der Waals surface area contributed by atoms with Crippen LogP contribution in [0.15, 0.2) is 29.8 Å². The zero-order valence-corrected chi connectivity index (χ0v) is 22.1. The Kier molecular flexibility index (Phi) is 6.20. The van der Waals surface area contributed by atoms with Crippen molar-refractivity contribution in [1.82, 2.24) is 9.80 Å². The predicted molar refractivity (Wildman–Crippen MR) is 130 cm³/mol. The van der Waals surface area contributed by atoms with Gasteiger partial charge in [-0.05, 0) is 36.5 Å². The number of carboxylic acids is 1. The summed E-state index contributed by atoms with van der Waals surface area (Å²) in [5.74, 6) is -9.15. The van der Waals surface area contributed by atoms with Crippen LogP contribution in [-0.4, -0.2) is 71.4 Å². The standard InChI is InChI=1S/C24H20BrCl2FN2O7/c25-9-30-21(36)23(26)8-13-11(2-3-12-17(13)20(35)29(19(12)34)6-5-16(32)33)18(24(23,27)22(30)37)10-1-4-15(31)14(28)7-10/h1-2,4,7,12-13,17-18,31H,3,5-6,8-9H2,(H,32,33)/t12-,13+,17-,18-,23+,24-/m0/s1. The van der Waals surface area contributed by atoms with Gasteiger partial charge in [0.15, 0.2) is 21.3 Å². The number of amides is 4. The lowest BCUT2D eigenvalue weighted by atomic mass is 9.56. The van der Waals surface area contributed by atoms with Gasteiger partial charge in [0.2, 0.25) is 11.8 Å². The third kappa shape index (κ3) is 3.43. The molecule has 4 aliphatic rings. The molecule has 3 fully saturated rings. The molecule has 2 saturated heterocycles. The van der Waals surface area contributed by atoms with Crippen molar-refractivity contribution in [2.45, 2.75) is 34.9 Å². The van der Waals surface area contributed by atoms with E-state index in [0.717, 1.165) is 21.9 Å². The van der Waals surface area contributed by atoms with Crippen molar-refractivity contribution < 1.29 is 38.6 Å². The van der Waals surface area contributed by atoms with Crippen LogP contribution in [0, 0.1) is 23.6 Å². The number of nitrogens with zero attached hydrogens (tertiary/aromatic N) is 2. The fourth-order valence-corrected chi connectivity index (χ4v) is 7.75. The summed E-state index contributed by atoms with van der Waals surface area (Å²) in [6.45, 7) is -0.297. The minimum absolute atomic E-state index is 0.105. The zero-order chi connectivity index (χ0) is 27.0. The number of carbonyl (C=O) groups excluding carboxylic acids is 4. The summed E-state index contributed by atoms with van der Waals surface area (Å²) >= 11 is 17.1. The summed E-state index contributed by atoms with van der Waals surface area (Å²) in [6.07, 6.45) is 1.13. The molecule has 1 aromatic rings.